The monoisotopic (exact) mass is 220 g/mol. The van der Waals surface area contributed by atoms with Crippen LogP contribution in [-0.4, -0.2) is 19.7 Å². The molecule has 0 aliphatic heterocycles. The van der Waals surface area contributed by atoms with Gasteiger partial charge in [0.1, 0.15) is 5.60 Å². The van der Waals surface area contributed by atoms with Crippen LogP contribution in [0.2, 0.25) is 0 Å². The molecule has 1 fully saturated rings. The first-order valence-corrected chi connectivity index (χ1v) is 5.52. The summed E-state index contributed by atoms with van der Waals surface area (Å²) in [5.41, 5.74) is 0.601. The Labute approximate surface area is 95.4 Å². The number of methoxy groups -OCH3 is 1. The van der Waals surface area contributed by atoms with Crippen molar-refractivity contribution in [2.75, 3.05) is 13.7 Å². The van der Waals surface area contributed by atoms with Crippen LogP contribution in [0.1, 0.15) is 18.9 Å². The molecule has 0 spiro atoms. The summed E-state index contributed by atoms with van der Waals surface area (Å²) in [6, 6.07) is 9.84. The Hall–Kier alpha value is -1.35. The Morgan fingerprint density at radius 2 is 2.12 bits per heavy atom. The predicted octanol–water partition coefficient (Wildman–Crippen LogP) is 2.11. The van der Waals surface area contributed by atoms with Gasteiger partial charge in [0.2, 0.25) is 0 Å². The maximum atomic E-state index is 11.7. The van der Waals surface area contributed by atoms with E-state index in [-0.39, 0.29) is 11.9 Å². The fourth-order valence-electron chi connectivity index (χ4n) is 2.14. The Kier molecular flexibility index (Phi) is 2.97. The van der Waals surface area contributed by atoms with Crippen LogP contribution >= 0.6 is 0 Å². The quantitative estimate of drug-likeness (QED) is 0.729. The third-order valence-electron chi connectivity index (χ3n) is 3.11. The molecule has 0 N–H and O–H groups in total. The SMILES string of the molecule is CCOC(=O)[C@@H]1C[C@]1(OC)c1ccccc1. The first-order chi connectivity index (χ1) is 7.74. The van der Waals surface area contributed by atoms with Crippen molar-refractivity contribution in [2.24, 2.45) is 5.92 Å². The minimum absolute atomic E-state index is 0.153. The number of hydrogen-bond donors (Lipinski definition) is 0. The maximum absolute atomic E-state index is 11.7. The van der Waals surface area contributed by atoms with Gasteiger partial charge >= 0.3 is 5.97 Å². The van der Waals surface area contributed by atoms with Gasteiger partial charge in [0.15, 0.2) is 0 Å². The van der Waals surface area contributed by atoms with E-state index < -0.39 is 5.60 Å². The van der Waals surface area contributed by atoms with E-state index in [1.165, 1.54) is 0 Å². The standard InChI is InChI=1S/C13H16O3/c1-3-16-12(14)11-9-13(11,15-2)10-7-5-4-6-8-10/h4-8,11H,3,9H2,1-2H3/t11-,13-/m0/s1. The van der Waals surface area contributed by atoms with Crippen LogP contribution in [0.25, 0.3) is 0 Å². The van der Waals surface area contributed by atoms with Crippen molar-refractivity contribution in [2.45, 2.75) is 18.9 Å². The van der Waals surface area contributed by atoms with Gasteiger partial charge in [-0.05, 0) is 18.9 Å². The smallest absolute Gasteiger partial charge is 0.312 e. The summed E-state index contributed by atoms with van der Waals surface area (Å²) < 4.78 is 10.5. The molecule has 0 radical (unpaired) electrons. The summed E-state index contributed by atoms with van der Waals surface area (Å²) in [5, 5.41) is 0. The van der Waals surface area contributed by atoms with E-state index in [1.54, 1.807) is 7.11 Å². The molecular formula is C13H16O3. The van der Waals surface area contributed by atoms with Crippen molar-refractivity contribution in [3.63, 3.8) is 0 Å². The fourth-order valence-corrected chi connectivity index (χ4v) is 2.14. The van der Waals surface area contributed by atoms with Crippen molar-refractivity contribution in [3.05, 3.63) is 35.9 Å². The average Bonchev–Trinajstić information content (AvgIpc) is 3.07. The largest absolute Gasteiger partial charge is 0.466 e. The highest BCUT2D eigenvalue weighted by atomic mass is 16.5. The summed E-state index contributed by atoms with van der Waals surface area (Å²) >= 11 is 0. The predicted molar refractivity (Wildman–Crippen MR) is 59.9 cm³/mol. The normalized spacial score (nSPS) is 27.5. The van der Waals surface area contributed by atoms with Gasteiger partial charge in [-0.15, -0.1) is 0 Å². The molecule has 3 heteroatoms. The van der Waals surface area contributed by atoms with Crippen molar-refractivity contribution in [1.82, 2.24) is 0 Å². The lowest BCUT2D eigenvalue weighted by atomic mass is 10.1. The van der Waals surface area contributed by atoms with E-state index in [0.717, 1.165) is 5.56 Å². The zero-order valence-corrected chi connectivity index (χ0v) is 9.60. The van der Waals surface area contributed by atoms with Gasteiger partial charge in [0.05, 0.1) is 12.5 Å². The zero-order valence-electron chi connectivity index (χ0n) is 9.60. The topological polar surface area (TPSA) is 35.5 Å². The number of esters is 1. The maximum Gasteiger partial charge on any atom is 0.312 e. The first kappa shape index (κ1) is 11.1. The van der Waals surface area contributed by atoms with Crippen LogP contribution in [0.4, 0.5) is 0 Å². The molecule has 1 aromatic rings. The summed E-state index contributed by atoms with van der Waals surface area (Å²) in [4.78, 5) is 11.7. The molecule has 0 amide bonds. The Bertz CT molecular complexity index is 374. The van der Waals surface area contributed by atoms with E-state index in [2.05, 4.69) is 0 Å². The fraction of sp³-hybridized carbons (Fsp3) is 0.462. The molecule has 86 valence electrons. The highest BCUT2D eigenvalue weighted by Crippen LogP contribution is 2.55. The zero-order chi connectivity index (χ0) is 11.6. The minimum atomic E-state index is -0.451. The molecule has 1 aliphatic carbocycles. The number of ether oxygens (including phenoxy) is 2. The molecule has 3 nitrogen and oxygen atoms in total. The van der Waals surface area contributed by atoms with Crippen LogP contribution in [0, 0.1) is 5.92 Å². The average molecular weight is 220 g/mol. The van der Waals surface area contributed by atoms with Gasteiger partial charge in [-0.25, -0.2) is 0 Å². The van der Waals surface area contributed by atoms with Gasteiger partial charge < -0.3 is 9.47 Å². The first-order valence-electron chi connectivity index (χ1n) is 5.52. The van der Waals surface area contributed by atoms with Crippen LogP contribution in [0.5, 0.6) is 0 Å². The van der Waals surface area contributed by atoms with Crippen molar-refractivity contribution in [1.29, 1.82) is 0 Å². The Morgan fingerprint density at radius 3 is 2.69 bits per heavy atom. The van der Waals surface area contributed by atoms with Crippen LogP contribution in [0.15, 0.2) is 30.3 Å². The number of rotatable bonds is 4. The lowest BCUT2D eigenvalue weighted by Gasteiger charge is -2.15. The van der Waals surface area contributed by atoms with Crippen LogP contribution in [-0.2, 0) is 19.9 Å². The van der Waals surface area contributed by atoms with Gasteiger partial charge in [0, 0.05) is 7.11 Å². The van der Waals surface area contributed by atoms with E-state index in [1.807, 2.05) is 37.3 Å². The van der Waals surface area contributed by atoms with E-state index in [4.69, 9.17) is 9.47 Å². The second kappa shape index (κ2) is 4.26. The summed E-state index contributed by atoms with van der Waals surface area (Å²) in [5.74, 6) is -0.312. The van der Waals surface area contributed by atoms with E-state index >= 15 is 0 Å². The number of hydrogen-bond acceptors (Lipinski definition) is 3. The summed E-state index contributed by atoms with van der Waals surface area (Å²) in [7, 11) is 1.65. The molecule has 1 aromatic carbocycles. The van der Waals surface area contributed by atoms with E-state index in [9.17, 15) is 4.79 Å². The van der Waals surface area contributed by atoms with Crippen LogP contribution < -0.4 is 0 Å². The third kappa shape index (κ3) is 1.71. The molecular weight excluding hydrogens is 204 g/mol. The Morgan fingerprint density at radius 1 is 1.44 bits per heavy atom. The highest BCUT2D eigenvalue weighted by molar-refractivity contribution is 5.78. The molecule has 0 heterocycles. The highest BCUT2D eigenvalue weighted by Gasteiger charge is 2.61. The van der Waals surface area contributed by atoms with Crippen LogP contribution in [0.3, 0.4) is 0 Å². The molecule has 0 saturated heterocycles. The van der Waals surface area contributed by atoms with Crippen molar-refractivity contribution >= 4 is 5.97 Å². The molecule has 2 atom stereocenters. The van der Waals surface area contributed by atoms with Gasteiger partial charge in [0.25, 0.3) is 0 Å². The molecule has 0 bridgehead atoms. The van der Waals surface area contributed by atoms with Crippen molar-refractivity contribution in [3.8, 4) is 0 Å². The lowest BCUT2D eigenvalue weighted by Crippen LogP contribution is -2.19. The molecule has 0 aromatic heterocycles. The lowest BCUT2D eigenvalue weighted by molar-refractivity contribution is -0.147. The number of benzene rings is 1. The summed E-state index contributed by atoms with van der Waals surface area (Å²) in [6.07, 6.45) is 0.715. The second-order valence-electron chi connectivity index (χ2n) is 3.97. The van der Waals surface area contributed by atoms with Crippen molar-refractivity contribution < 1.29 is 14.3 Å². The second-order valence-corrected chi connectivity index (χ2v) is 3.97. The van der Waals surface area contributed by atoms with Gasteiger partial charge in [-0.1, -0.05) is 30.3 Å². The number of carbonyl (C=O) groups excluding carboxylic acids is 1. The van der Waals surface area contributed by atoms with Gasteiger partial charge in [-0.2, -0.15) is 0 Å². The summed E-state index contributed by atoms with van der Waals surface area (Å²) in [6.45, 7) is 2.24. The Balaban J connectivity index is 2.17. The minimum Gasteiger partial charge on any atom is -0.466 e. The molecule has 16 heavy (non-hydrogen) atoms. The number of carbonyl (C=O) groups is 1. The molecule has 2 rings (SSSR count). The van der Waals surface area contributed by atoms with Gasteiger partial charge in [-0.3, -0.25) is 4.79 Å². The molecule has 1 aliphatic rings. The molecule has 0 unspecified atom stereocenters. The molecule has 1 saturated carbocycles. The third-order valence-corrected chi connectivity index (χ3v) is 3.11. The van der Waals surface area contributed by atoms with E-state index in [0.29, 0.717) is 13.0 Å².